The number of aromatic hydroxyl groups is 1. The molecule has 2 heterocycles. The van der Waals surface area contributed by atoms with Crippen molar-refractivity contribution in [2.75, 3.05) is 32.8 Å². The van der Waals surface area contributed by atoms with Crippen LogP contribution in [-0.2, 0) is 9.53 Å². The van der Waals surface area contributed by atoms with Gasteiger partial charge in [0.2, 0.25) is 0 Å². The summed E-state index contributed by atoms with van der Waals surface area (Å²) in [5, 5.41) is 11.6. The van der Waals surface area contributed by atoms with Crippen molar-refractivity contribution in [3.63, 3.8) is 0 Å². The van der Waals surface area contributed by atoms with Crippen LogP contribution in [-0.4, -0.2) is 48.6 Å². The molecule has 1 aliphatic heterocycles. The SMILES string of the molecule is CC(=O)C(CN1CCOCC1)C(c1ccccc1)c1c(O)c2ccccc2oc1=O.Cl. The Bertz CT molecular complexity index is 1090. The van der Waals surface area contributed by atoms with Crippen molar-refractivity contribution in [2.24, 2.45) is 5.92 Å². The molecule has 1 fully saturated rings. The summed E-state index contributed by atoms with van der Waals surface area (Å²) < 4.78 is 11.0. The first-order valence-corrected chi connectivity index (χ1v) is 10.2. The summed E-state index contributed by atoms with van der Waals surface area (Å²) in [6.07, 6.45) is 0. The molecule has 0 amide bonds. The van der Waals surface area contributed by atoms with E-state index in [1.54, 1.807) is 31.2 Å². The van der Waals surface area contributed by atoms with Gasteiger partial charge in [-0.1, -0.05) is 42.5 Å². The van der Waals surface area contributed by atoms with Gasteiger partial charge in [-0.25, -0.2) is 4.79 Å². The smallest absolute Gasteiger partial charge is 0.343 e. The molecule has 164 valence electrons. The molecule has 0 radical (unpaired) electrons. The van der Waals surface area contributed by atoms with Crippen molar-refractivity contribution < 1.29 is 19.1 Å². The summed E-state index contributed by atoms with van der Waals surface area (Å²) in [7, 11) is 0. The van der Waals surface area contributed by atoms with Crippen molar-refractivity contribution in [1.82, 2.24) is 4.90 Å². The van der Waals surface area contributed by atoms with E-state index < -0.39 is 17.5 Å². The first-order valence-electron chi connectivity index (χ1n) is 10.2. The van der Waals surface area contributed by atoms with Crippen LogP contribution in [0, 0.1) is 5.92 Å². The second kappa shape index (κ2) is 10.1. The molecular weight excluding hydrogens is 418 g/mol. The number of carbonyl (C=O) groups is 1. The Morgan fingerprint density at radius 3 is 2.39 bits per heavy atom. The van der Waals surface area contributed by atoms with Crippen LogP contribution in [0.25, 0.3) is 11.0 Å². The fraction of sp³-hybridized carbons (Fsp3) is 0.333. The number of ketones is 1. The quantitative estimate of drug-likeness (QED) is 0.586. The van der Waals surface area contributed by atoms with Crippen LogP contribution in [0.4, 0.5) is 0 Å². The summed E-state index contributed by atoms with van der Waals surface area (Å²) in [6.45, 7) is 4.70. The first kappa shape index (κ1) is 23.0. The number of hydrogen-bond acceptors (Lipinski definition) is 6. The van der Waals surface area contributed by atoms with Gasteiger partial charge in [0.15, 0.2) is 0 Å². The van der Waals surface area contributed by atoms with Crippen LogP contribution in [0.15, 0.2) is 63.8 Å². The van der Waals surface area contributed by atoms with Crippen LogP contribution < -0.4 is 5.63 Å². The van der Waals surface area contributed by atoms with E-state index in [0.717, 1.165) is 18.7 Å². The molecule has 0 aliphatic carbocycles. The minimum Gasteiger partial charge on any atom is -0.507 e. The molecule has 6 nitrogen and oxygen atoms in total. The van der Waals surface area contributed by atoms with E-state index in [1.807, 2.05) is 30.3 Å². The number of nitrogens with zero attached hydrogens (tertiary/aromatic N) is 1. The van der Waals surface area contributed by atoms with Crippen molar-refractivity contribution in [3.05, 3.63) is 76.1 Å². The van der Waals surface area contributed by atoms with Crippen LogP contribution in [0.2, 0.25) is 0 Å². The lowest BCUT2D eigenvalue weighted by atomic mass is 9.78. The molecule has 1 N–H and O–H groups in total. The monoisotopic (exact) mass is 443 g/mol. The Labute approximate surface area is 186 Å². The molecule has 2 unspecified atom stereocenters. The standard InChI is InChI=1S/C24H25NO5.ClH/c1-16(26)19(15-25-11-13-29-14-12-25)21(17-7-3-2-4-8-17)22-23(27)18-9-5-6-10-20(18)30-24(22)28;/h2-10,19,21,27H,11-15H2,1H3;1H. The lowest BCUT2D eigenvalue weighted by molar-refractivity contribution is -0.122. The van der Waals surface area contributed by atoms with E-state index in [0.29, 0.717) is 30.7 Å². The molecule has 3 aromatic rings. The molecular formula is C24H26ClNO5. The Balaban J connectivity index is 0.00000272. The highest BCUT2D eigenvalue weighted by Gasteiger charge is 2.35. The molecule has 1 saturated heterocycles. The lowest BCUT2D eigenvalue weighted by Crippen LogP contribution is -2.43. The van der Waals surface area contributed by atoms with Gasteiger partial charge in [-0.05, 0) is 24.6 Å². The van der Waals surface area contributed by atoms with Gasteiger partial charge in [0.25, 0.3) is 0 Å². The van der Waals surface area contributed by atoms with Gasteiger partial charge in [-0.15, -0.1) is 12.4 Å². The van der Waals surface area contributed by atoms with Crippen LogP contribution in [0.3, 0.4) is 0 Å². The molecule has 0 saturated carbocycles. The number of rotatable bonds is 6. The summed E-state index contributed by atoms with van der Waals surface area (Å²) in [4.78, 5) is 28.0. The van der Waals surface area contributed by atoms with Crippen molar-refractivity contribution in [2.45, 2.75) is 12.8 Å². The number of fused-ring (bicyclic) bond motifs is 1. The summed E-state index contributed by atoms with van der Waals surface area (Å²) >= 11 is 0. The zero-order chi connectivity index (χ0) is 21.1. The van der Waals surface area contributed by atoms with E-state index in [2.05, 4.69) is 4.90 Å². The number of benzene rings is 2. The van der Waals surface area contributed by atoms with Crippen LogP contribution in [0.1, 0.15) is 24.0 Å². The Morgan fingerprint density at radius 1 is 1.06 bits per heavy atom. The van der Waals surface area contributed by atoms with Gasteiger partial charge in [0.05, 0.1) is 24.2 Å². The summed E-state index contributed by atoms with van der Waals surface area (Å²) in [5.74, 6) is -1.29. The average molecular weight is 444 g/mol. The maximum absolute atomic E-state index is 13.0. The molecule has 0 spiro atoms. The van der Waals surface area contributed by atoms with E-state index in [4.69, 9.17) is 9.15 Å². The Kier molecular flexibility index (Phi) is 7.49. The normalized spacial score (nSPS) is 16.4. The molecule has 0 bridgehead atoms. The third-order valence-corrected chi connectivity index (χ3v) is 5.77. The fourth-order valence-electron chi connectivity index (χ4n) is 4.21. The third-order valence-electron chi connectivity index (χ3n) is 5.77. The molecule has 2 aromatic carbocycles. The van der Waals surface area contributed by atoms with Crippen molar-refractivity contribution in [3.8, 4) is 5.75 Å². The number of halogens is 1. The number of carbonyl (C=O) groups excluding carboxylic acids is 1. The van der Waals surface area contributed by atoms with Gasteiger partial charge < -0.3 is 14.3 Å². The lowest BCUT2D eigenvalue weighted by Gasteiger charge is -2.33. The average Bonchev–Trinajstić information content (AvgIpc) is 2.76. The molecule has 1 aromatic heterocycles. The third kappa shape index (κ3) is 4.82. The highest BCUT2D eigenvalue weighted by atomic mass is 35.5. The zero-order valence-electron chi connectivity index (χ0n) is 17.3. The topological polar surface area (TPSA) is 80.0 Å². The fourth-order valence-corrected chi connectivity index (χ4v) is 4.21. The van der Waals surface area contributed by atoms with E-state index in [-0.39, 0.29) is 29.5 Å². The summed E-state index contributed by atoms with van der Waals surface area (Å²) in [5.41, 5.74) is 0.633. The highest BCUT2D eigenvalue weighted by Crippen LogP contribution is 2.39. The summed E-state index contributed by atoms with van der Waals surface area (Å²) in [6, 6.07) is 16.3. The number of hydrogen-bond donors (Lipinski definition) is 1. The van der Waals surface area contributed by atoms with Crippen molar-refractivity contribution >= 4 is 29.2 Å². The van der Waals surface area contributed by atoms with Gasteiger partial charge in [-0.3, -0.25) is 9.69 Å². The maximum atomic E-state index is 13.0. The second-order valence-corrected chi connectivity index (χ2v) is 7.67. The predicted molar refractivity (Wildman–Crippen MR) is 121 cm³/mol. The molecule has 31 heavy (non-hydrogen) atoms. The van der Waals surface area contributed by atoms with Crippen LogP contribution in [0.5, 0.6) is 5.75 Å². The second-order valence-electron chi connectivity index (χ2n) is 7.67. The molecule has 4 rings (SSSR count). The largest absolute Gasteiger partial charge is 0.507 e. The minimum absolute atomic E-state index is 0. The number of para-hydroxylation sites is 1. The van der Waals surface area contributed by atoms with Gasteiger partial charge in [0.1, 0.15) is 17.1 Å². The Morgan fingerprint density at radius 2 is 1.71 bits per heavy atom. The predicted octanol–water partition coefficient (Wildman–Crippen LogP) is 3.59. The maximum Gasteiger partial charge on any atom is 0.343 e. The van der Waals surface area contributed by atoms with E-state index >= 15 is 0 Å². The minimum atomic E-state index is -0.618. The van der Waals surface area contributed by atoms with Gasteiger partial charge in [0, 0.05) is 31.5 Å². The first-order chi connectivity index (χ1) is 14.6. The molecule has 7 heteroatoms. The molecule has 1 aliphatic rings. The highest BCUT2D eigenvalue weighted by molar-refractivity contribution is 5.86. The van der Waals surface area contributed by atoms with E-state index in [1.165, 1.54) is 0 Å². The van der Waals surface area contributed by atoms with Gasteiger partial charge >= 0.3 is 5.63 Å². The number of ether oxygens (including phenoxy) is 1. The van der Waals surface area contributed by atoms with Crippen LogP contribution >= 0.6 is 12.4 Å². The number of Topliss-reactive ketones (excluding diaryl/α,β-unsaturated/α-hetero) is 1. The van der Waals surface area contributed by atoms with E-state index in [9.17, 15) is 14.7 Å². The zero-order valence-corrected chi connectivity index (χ0v) is 18.1. The van der Waals surface area contributed by atoms with Crippen molar-refractivity contribution in [1.29, 1.82) is 0 Å². The Hall–Kier alpha value is -2.67. The van der Waals surface area contributed by atoms with Gasteiger partial charge in [-0.2, -0.15) is 0 Å². The molecule has 2 atom stereocenters. The number of morpholine rings is 1.